The van der Waals surface area contributed by atoms with Crippen LogP contribution in [0.2, 0.25) is 0 Å². The number of pyridine rings is 1. The highest BCUT2D eigenvalue weighted by atomic mass is 16.2. The second-order valence-electron chi connectivity index (χ2n) is 8.18. The number of benzene rings is 2. The summed E-state index contributed by atoms with van der Waals surface area (Å²) in [6.07, 6.45) is 2.51. The lowest BCUT2D eigenvalue weighted by Gasteiger charge is -2.11. The van der Waals surface area contributed by atoms with Gasteiger partial charge in [0.15, 0.2) is 0 Å². The molecule has 3 heterocycles. The van der Waals surface area contributed by atoms with Crippen molar-refractivity contribution >= 4 is 22.6 Å². The van der Waals surface area contributed by atoms with Crippen LogP contribution in [0.25, 0.3) is 16.7 Å². The van der Waals surface area contributed by atoms with E-state index in [4.69, 9.17) is 4.98 Å². The first-order valence-electron chi connectivity index (χ1n) is 11.0. The number of hydrogen-bond donors (Lipinski definition) is 1. The molecule has 6 nitrogen and oxygen atoms in total. The third-order valence-electron chi connectivity index (χ3n) is 5.77. The van der Waals surface area contributed by atoms with Gasteiger partial charge in [-0.05, 0) is 42.2 Å². The van der Waals surface area contributed by atoms with Crippen molar-refractivity contribution in [2.75, 3.05) is 6.54 Å². The van der Waals surface area contributed by atoms with E-state index in [0.717, 1.165) is 23.1 Å². The predicted octanol–water partition coefficient (Wildman–Crippen LogP) is 3.98. The molecule has 0 saturated carbocycles. The van der Waals surface area contributed by atoms with Gasteiger partial charge < -0.3 is 9.88 Å². The minimum Gasteiger partial charge on any atom is -0.350 e. The van der Waals surface area contributed by atoms with Crippen molar-refractivity contribution in [3.63, 3.8) is 0 Å². The molecule has 5 rings (SSSR count). The fourth-order valence-electron chi connectivity index (χ4n) is 4.08. The van der Waals surface area contributed by atoms with Crippen molar-refractivity contribution in [1.82, 2.24) is 19.3 Å². The summed E-state index contributed by atoms with van der Waals surface area (Å²) in [5, 5.41) is 3.44. The standard InChI is InChI=1S/C27H24N4O2/c1-19-12-13-24-29-25-22(27(33)31(24)17-19)16-23(30(25)18-21-10-6-3-7-11-21)26(32)28-15-14-20-8-4-2-5-9-20/h2-13,16-17H,14-15,18H2,1H3,(H,28,32). The summed E-state index contributed by atoms with van der Waals surface area (Å²) in [4.78, 5) is 31.2. The molecule has 6 heteroatoms. The summed E-state index contributed by atoms with van der Waals surface area (Å²) in [5.74, 6) is -0.218. The van der Waals surface area contributed by atoms with Gasteiger partial charge in [0.05, 0.1) is 5.39 Å². The van der Waals surface area contributed by atoms with E-state index in [1.54, 1.807) is 16.7 Å². The van der Waals surface area contributed by atoms with Crippen LogP contribution in [-0.2, 0) is 13.0 Å². The molecule has 0 aliphatic rings. The van der Waals surface area contributed by atoms with Crippen LogP contribution in [0, 0.1) is 6.92 Å². The Kier molecular flexibility index (Phi) is 5.48. The monoisotopic (exact) mass is 436 g/mol. The van der Waals surface area contributed by atoms with Crippen LogP contribution in [0.4, 0.5) is 0 Å². The van der Waals surface area contributed by atoms with Crippen LogP contribution in [0.1, 0.15) is 27.2 Å². The highest BCUT2D eigenvalue weighted by Crippen LogP contribution is 2.19. The molecule has 0 radical (unpaired) electrons. The van der Waals surface area contributed by atoms with Crippen molar-refractivity contribution < 1.29 is 4.79 Å². The molecule has 0 aliphatic heterocycles. The number of nitrogens with one attached hydrogen (secondary N) is 1. The van der Waals surface area contributed by atoms with Gasteiger partial charge in [-0.15, -0.1) is 0 Å². The van der Waals surface area contributed by atoms with E-state index >= 15 is 0 Å². The topological polar surface area (TPSA) is 68.4 Å². The minimum atomic E-state index is -0.218. The van der Waals surface area contributed by atoms with Crippen LogP contribution in [0.15, 0.2) is 89.9 Å². The first kappa shape index (κ1) is 20.7. The fourth-order valence-corrected chi connectivity index (χ4v) is 4.08. The molecule has 33 heavy (non-hydrogen) atoms. The Hall–Kier alpha value is -4.19. The van der Waals surface area contributed by atoms with Gasteiger partial charge in [-0.3, -0.25) is 14.0 Å². The second kappa shape index (κ2) is 8.74. The molecule has 0 aliphatic carbocycles. The number of fused-ring (bicyclic) bond motifs is 2. The van der Waals surface area contributed by atoms with Crippen molar-refractivity contribution in [2.45, 2.75) is 19.9 Å². The molecule has 2 aromatic carbocycles. The lowest BCUT2D eigenvalue weighted by molar-refractivity contribution is 0.0945. The fraction of sp³-hybridized carbons (Fsp3) is 0.148. The average molecular weight is 437 g/mol. The molecule has 5 aromatic rings. The van der Waals surface area contributed by atoms with E-state index < -0.39 is 0 Å². The number of aromatic nitrogens is 3. The number of hydrogen-bond acceptors (Lipinski definition) is 3. The number of rotatable bonds is 6. The first-order valence-corrected chi connectivity index (χ1v) is 11.0. The van der Waals surface area contributed by atoms with Crippen LogP contribution in [-0.4, -0.2) is 26.4 Å². The van der Waals surface area contributed by atoms with Crippen LogP contribution >= 0.6 is 0 Å². The van der Waals surface area contributed by atoms with Crippen LogP contribution in [0.3, 0.4) is 0 Å². The molecule has 164 valence electrons. The maximum absolute atomic E-state index is 13.3. The highest BCUT2D eigenvalue weighted by Gasteiger charge is 2.20. The molecule has 0 fully saturated rings. The Morgan fingerprint density at radius 2 is 1.64 bits per heavy atom. The molecule has 3 aromatic heterocycles. The predicted molar refractivity (Wildman–Crippen MR) is 130 cm³/mol. The molecule has 0 unspecified atom stereocenters. The van der Waals surface area contributed by atoms with E-state index in [2.05, 4.69) is 5.32 Å². The molecular formula is C27H24N4O2. The third-order valence-corrected chi connectivity index (χ3v) is 5.77. The van der Waals surface area contributed by atoms with Gasteiger partial charge in [0, 0.05) is 19.3 Å². The Balaban J connectivity index is 1.56. The van der Waals surface area contributed by atoms with Crippen molar-refractivity contribution in [2.24, 2.45) is 0 Å². The summed E-state index contributed by atoms with van der Waals surface area (Å²) in [6, 6.07) is 25.3. The summed E-state index contributed by atoms with van der Waals surface area (Å²) >= 11 is 0. The first-order chi connectivity index (χ1) is 16.1. The van der Waals surface area contributed by atoms with E-state index in [-0.39, 0.29) is 11.5 Å². The van der Waals surface area contributed by atoms with Gasteiger partial charge in [0.1, 0.15) is 17.0 Å². The average Bonchev–Trinajstić information content (AvgIpc) is 3.19. The summed E-state index contributed by atoms with van der Waals surface area (Å²) in [6.45, 7) is 2.88. The quantitative estimate of drug-likeness (QED) is 0.438. The van der Waals surface area contributed by atoms with Gasteiger partial charge in [0.25, 0.3) is 11.5 Å². The normalized spacial score (nSPS) is 11.2. The number of aryl methyl sites for hydroxylation is 1. The van der Waals surface area contributed by atoms with Crippen LogP contribution < -0.4 is 10.9 Å². The number of nitrogens with zero attached hydrogens (tertiary/aromatic N) is 3. The van der Waals surface area contributed by atoms with Gasteiger partial charge in [-0.1, -0.05) is 66.7 Å². The van der Waals surface area contributed by atoms with E-state index in [1.165, 1.54) is 0 Å². The Morgan fingerprint density at radius 3 is 2.36 bits per heavy atom. The zero-order valence-corrected chi connectivity index (χ0v) is 18.4. The van der Waals surface area contributed by atoms with E-state index in [9.17, 15) is 9.59 Å². The number of carbonyl (C=O) groups excluding carboxylic acids is 1. The molecular weight excluding hydrogens is 412 g/mol. The van der Waals surface area contributed by atoms with Gasteiger partial charge >= 0.3 is 0 Å². The Bertz CT molecular complexity index is 1500. The summed E-state index contributed by atoms with van der Waals surface area (Å²) < 4.78 is 3.38. The molecule has 1 N–H and O–H groups in total. The molecule has 0 bridgehead atoms. The largest absolute Gasteiger partial charge is 0.350 e. The highest BCUT2D eigenvalue weighted by molar-refractivity contribution is 5.98. The Labute approximate surface area is 191 Å². The second-order valence-corrected chi connectivity index (χ2v) is 8.18. The SMILES string of the molecule is Cc1ccc2nc3c(cc(C(=O)NCCc4ccccc4)n3Cc3ccccc3)c(=O)n2c1. The van der Waals surface area contributed by atoms with Crippen molar-refractivity contribution in [3.05, 3.63) is 118 Å². The number of carbonyl (C=O) groups is 1. The maximum Gasteiger partial charge on any atom is 0.268 e. The van der Waals surface area contributed by atoms with Crippen molar-refractivity contribution in [1.29, 1.82) is 0 Å². The lowest BCUT2D eigenvalue weighted by Crippen LogP contribution is -2.28. The molecule has 0 spiro atoms. The lowest BCUT2D eigenvalue weighted by atomic mass is 10.1. The number of amides is 1. The third kappa shape index (κ3) is 4.15. The molecule has 0 saturated heterocycles. The Morgan fingerprint density at radius 1 is 0.939 bits per heavy atom. The van der Waals surface area contributed by atoms with Gasteiger partial charge in [-0.2, -0.15) is 0 Å². The minimum absolute atomic E-state index is 0.177. The van der Waals surface area contributed by atoms with E-state index in [0.29, 0.717) is 35.5 Å². The van der Waals surface area contributed by atoms with Crippen molar-refractivity contribution in [3.8, 4) is 0 Å². The van der Waals surface area contributed by atoms with E-state index in [1.807, 2.05) is 84.3 Å². The van der Waals surface area contributed by atoms with Gasteiger partial charge in [-0.25, -0.2) is 4.98 Å². The van der Waals surface area contributed by atoms with Crippen LogP contribution in [0.5, 0.6) is 0 Å². The zero-order valence-electron chi connectivity index (χ0n) is 18.4. The maximum atomic E-state index is 13.3. The zero-order chi connectivity index (χ0) is 22.8. The smallest absolute Gasteiger partial charge is 0.268 e. The summed E-state index contributed by atoms with van der Waals surface area (Å²) in [5.41, 5.74) is 4.47. The molecule has 1 amide bonds. The van der Waals surface area contributed by atoms with Gasteiger partial charge in [0.2, 0.25) is 0 Å². The molecule has 0 atom stereocenters. The summed E-state index contributed by atoms with van der Waals surface area (Å²) in [7, 11) is 0.